The van der Waals surface area contributed by atoms with Crippen molar-refractivity contribution < 1.29 is 13.3 Å². The molecule has 5 nitrogen and oxygen atoms in total. The molecule has 1 aromatic rings. The molecule has 0 bridgehead atoms. The normalized spacial score (nSPS) is 13.3. The first-order valence-electron chi connectivity index (χ1n) is 5.36. The molecule has 1 atom stereocenters. The second-order valence-corrected chi connectivity index (χ2v) is 6.72. The summed E-state index contributed by atoms with van der Waals surface area (Å²) in [5, 5.41) is 10.2. The first kappa shape index (κ1) is 14.9. The van der Waals surface area contributed by atoms with E-state index in [2.05, 4.69) is 0 Å². The molecule has 0 amide bonds. The number of hydrogen-bond acceptors (Lipinski definition) is 4. The predicted octanol–water partition coefficient (Wildman–Crippen LogP) is 2.69. The third-order valence-electron chi connectivity index (χ3n) is 2.74. The average Bonchev–Trinajstić information content (AvgIpc) is 2.28. The van der Waals surface area contributed by atoms with Crippen molar-refractivity contribution in [2.45, 2.75) is 30.4 Å². The third-order valence-corrected chi connectivity index (χ3v) is 5.19. The molecule has 1 rings (SSSR count). The maximum Gasteiger partial charge on any atom is 0.290 e. The van der Waals surface area contributed by atoms with Crippen molar-refractivity contribution in [1.29, 1.82) is 0 Å². The largest absolute Gasteiger partial charge is 0.290 e. The first-order valence-corrected chi connectivity index (χ1v) is 7.44. The number of aryl methyl sites for hydroxylation is 1. The summed E-state index contributed by atoms with van der Waals surface area (Å²) < 4.78 is 24.5. The van der Waals surface area contributed by atoms with Crippen molar-refractivity contribution in [3.63, 3.8) is 0 Å². The van der Waals surface area contributed by atoms with E-state index in [1.54, 1.807) is 0 Å². The van der Waals surface area contributed by atoms with Crippen LogP contribution in [-0.4, -0.2) is 24.5 Å². The van der Waals surface area contributed by atoms with Gasteiger partial charge in [0.1, 0.15) is 4.90 Å². The van der Waals surface area contributed by atoms with Crippen molar-refractivity contribution in [2.75, 3.05) is 5.88 Å². The van der Waals surface area contributed by atoms with Crippen LogP contribution >= 0.6 is 11.6 Å². The van der Waals surface area contributed by atoms with E-state index in [1.165, 1.54) is 32.0 Å². The predicted molar refractivity (Wildman–Crippen MR) is 69.8 cm³/mol. The SMILES string of the molecule is Cc1cccc(S(=O)(=O)C(C)CCCl)c1[N+](=O)[O-]. The van der Waals surface area contributed by atoms with Crippen molar-refractivity contribution in [3.8, 4) is 0 Å². The highest BCUT2D eigenvalue weighted by molar-refractivity contribution is 7.92. The summed E-state index contributed by atoms with van der Waals surface area (Å²) in [6, 6.07) is 4.29. The van der Waals surface area contributed by atoms with Gasteiger partial charge in [-0.25, -0.2) is 8.42 Å². The lowest BCUT2D eigenvalue weighted by atomic mass is 10.2. The zero-order valence-electron chi connectivity index (χ0n) is 10.1. The Labute approximate surface area is 111 Å². The van der Waals surface area contributed by atoms with Gasteiger partial charge in [-0.1, -0.05) is 12.1 Å². The third kappa shape index (κ3) is 2.81. The van der Waals surface area contributed by atoms with Gasteiger partial charge in [-0.3, -0.25) is 10.1 Å². The maximum atomic E-state index is 12.2. The second-order valence-electron chi connectivity index (χ2n) is 4.01. The Morgan fingerprint density at radius 3 is 2.56 bits per heavy atom. The lowest BCUT2D eigenvalue weighted by Gasteiger charge is -2.12. The lowest BCUT2D eigenvalue weighted by molar-refractivity contribution is -0.388. The van der Waals surface area contributed by atoms with Crippen LogP contribution in [0.3, 0.4) is 0 Å². The smallest absolute Gasteiger partial charge is 0.258 e. The Bertz CT molecular complexity index is 556. The summed E-state index contributed by atoms with van der Waals surface area (Å²) in [5.41, 5.74) is -0.0157. The van der Waals surface area contributed by atoms with Crippen molar-refractivity contribution >= 4 is 27.1 Å². The van der Waals surface area contributed by atoms with Gasteiger partial charge < -0.3 is 0 Å². The highest BCUT2D eigenvalue weighted by Crippen LogP contribution is 2.30. The van der Waals surface area contributed by atoms with E-state index >= 15 is 0 Å². The van der Waals surface area contributed by atoms with Gasteiger partial charge in [0.25, 0.3) is 5.69 Å². The van der Waals surface area contributed by atoms with Gasteiger partial charge in [0, 0.05) is 11.4 Å². The van der Waals surface area contributed by atoms with Crippen LogP contribution in [0.1, 0.15) is 18.9 Å². The van der Waals surface area contributed by atoms with Crippen LogP contribution in [-0.2, 0) is 9.84 Å². The molecule has 0 spiro atoms. The molecule has 100 valence electrons. The topological polar surface area (TPSA) is 77.3 Å². The van der Waals surface area contributed by atoms with Crippen LogP contribution in [0.15, 0.2) is 23.1 Å². The molecule has 0 aliphatic heterocycles. The summed E-state index contributed by atoms with van der Waals surface area (Å²) in [6.07, 6.45) is 0.259. The molecular weight excluding hydrogens is 278 g/mol. The van der Waals surface area contributed by atoms with Gasteiger partial charge in [-0.15, -0.1) is 11.6 Å². The Balaban J connectivity index is 3.42. The van der Waals surface area contributed by atoms with Crippen LogP contribution in [0.25, 0.3) is 0 Å². The van der Waals surface area contributed by atoms with E-state index in [9.17, 15) is 18.5 Å². The standard InChI is InChI=1S/C11H14ClNO4S/c1-8-4-3-5-10(11(8)13(14)15)18(16,17)9(2)6-7-12/h3-5,9H,6-7H2,1-2H3. The number of sulfone groups is 1. The molecular formula is C11H14ClNO4S. The number of rotatable bonds is 5. The van der Waals surface area contributed by atoms with E-state index in [0.717, 1.165) is 0 Å². The van der Waals surface area contributed by atoms with E-state index in [0.29, 0.717) is 5.56 Å². The van der Waals surface area contributed by atoms with Gasteiger partial charge in [0.15, 0.2) is 9.84 Å². The van der Waals surface area contributed by atoms with E-state index < -0.39 is 20.0 Å². The van der Waals surface area contributed by atoms with Gasteiger partial charge in [-0.2, -0.15) is 0 Å². The van der Waals surface area contributed by atoms with Crippen LogP contribution in [0.4, 0.5) is 5.69 Å². The molecule has 7 heteroatoms. The van der Waals surface area contributed by atoms with Crippen molar-refractivity contribution in [3.05, 3.63) is 33.9 Å². The fourth-order valence-electron chi connectivity index (χ4n) is 1.62. The molecule has 0 heterocycles. The second kappa shape index (κ2) is 5.67. The van der Waals surface area contributed by atoms with Gasteiger partial charge >= 0.3 is 0 Å². The molecule has 0 aliphatic rings. The number of para-hydroxylation sites is 1. The Hall–Kier alpha value is -1.14. The monoisotopic (exact) mass is 291 g/mol. The molecule has 0 N–H and O–H groups in total. The van der Waals surface area contributed by atoms with Gasteiger partial charge in [0.2, 0.25) is 0 Å². The van der Waals surface area contributed by atoms with E-state index in [-0.39, 0.29) is 22.9 Å². The molecule has 0 saturated heterocycles. The molecule has 18 heavy (non-hydrogen) atoms. The number of halogens is 1. The highest BCUT2D eigenvalue weighted by Gasteiger charge is 2.31. The van der Waals surface area contributed by atoms with E-state index in [4.69, 9.17) is 11.6 Å². The Kier molecular flexibility index (Phi) is 4.70. The van der Waals surface area contributed by atoms with E-state index in [1.807, 2.05) is 0 Å². The zero-order valence-corrected chi connectivity index (χ0v) is 11.7. The quantitative estimate of drug-likeness (QED) is 0.475. The minimum atomic E-state index is -3.73. The summed E-state index contributed by atoms with van der Waals surface area (Å²) in [7, 11) is -3.73. The van der Waals surface area contributed by atoms with Crippen molar-refractivity contribution in [2.24, 2.45) is 0 Å². The fourth-order valence-corrected chi connectivity index (χ4v) is 3.71. The average molecular weight is 292 g/mol. The molecule has 0 fully saturated rings. The molecule has 1 aromatic carbocycles. The summed E-state index contributed by atoms with van der Waals surface area (Å²) >= 11 is 5.53. The van der Waals surface area contributed by atoms with Crippen LogP contribution in [0.5, 0.6) is 0 Å². The minimum Gasteiger partial charge on any atom is -0.258 e. The lowest BCUT2D eigenvalue weighted by Crippen LogP contribution is -2.20. The molecule has 0 radical (unpaired) electrons. The summed E-state index contributed by atoms with van der Waals surface area (Å²) in [5.74, 6) is 0.194. The Morgan fingerprint density at radius 2 is 2.06 bits per heavy atom. The molecule has 0 aromatic heterocycles. The number of hydrogen-bond donors (Lipinski definition) is 0. The zero-order chi connectivity index (χ0) is 13.9. The highest BCUT2D eigenvalue weighted by atomic mass is 35.5. The maximum absolute atomic E-state index is 12.2. The molecule has 1 unspecified atom stereocenters. The summed E-state index contributed by atoms with van der Waals surface area (Å²) in [6.45, 7) is 3.02. The Morgan fingerprint density at radius 1 is 1.44 bits per heavy atom. The van der Waals surface area contributed by atoms with Crippen molar-refractivity contribution in [1.82, 2.24) is 0 Å². The summed E-state index contributed by atoms with van der Waals surface area (Å²) in [4.78, 5) is 10.1. The first-order chi connectivity index (χ1) is 8.32. The molecule has 0 aliphatic carbocycles. The number of benzene rings is 1. The van der Waals surface area contributed by atoms with Crippen LogP contribution in [0, 0.1) is 17.0 Å². The van der Waals surface area contributed by atoms with Gasteiger partial charge in [-0.05, 0) is 26.3 Å². The number of nitro groups is 1. The number of nitrogens with zero attached hydrogens (tertiary/aromatic N) is 1. The fraction of sp³-hybridized carbons (Fsp3) is 0.455. The number of alkyl halides is 1. The number of nitro benzene ring substituents is 1. The minimum absolute atomic E-state index is 0.194. The van der Waals surface area contributed by atoms with Gasteiger partial charge in [0.05, 0.1) is 10.2 Å². The molecule has 0 saturated carbocycles. The van der Waals surface area contributed by atoms with Crippen LogP contribution < -0.4 is 0 Å². The van der Waals surface area contributed by atoms with Crippen LogP contribution in [0.2, 0.25) is 0 Å².